The van der Waals surface area contributed by atoms with Crippen LogP contribution in [0.1, 0.15) is 25.8 Å². The number of hydrogen-bond donors (Lipinski definition) is 4. The fraction of sp³-hybridized carbons (Fsp3) is 0.524. The molecule has 3 saturated heterocycles. The number of fused-ring (bicyclic) bond motifs is 5. The summed E-state index contributed by atoms with van der Waals surface area (Å²) in [6.07, 6.45) is 1.17. The maximum atomic E-state index is 13.1. The van der Waals surface area contributed by atoms with Gasteiger partial charge in [-0.2, -0.15) is 4.98 Å². The first-order valence-corrected chi connectivity index (χ1v) is 15.3. The normalized spacial score (nSPS) is 35.0. The Balaban J connectivity index is 1.15. The summed E-state index contributed by atoms with van der Waals surface area (Å²) >= 11 is 0. The van der Waals surface area contributed by atoms with Crippen LogP contribution in [0, 0.1) is 11.8 Å². The number of ether oxygens (including phenoxy) is 2. The molecule has 3 aliphatic rings. The average molecular weight is 608 g/mol. The van der Waals surface area contributed by atoms with Gasteiger partial charge in [-0.05, 0) is 6.16 Å². The topological polar surface area (TPSA) is 243 Å². The lowest BCUT2D eigenvalue weighted by atomic mass is 9.93. The number of nitrogen functional groups attached to an aromatic ring is 2. The van der Waals surface area contributed by atoms with Gasteiger partial charge in [0, 0.05) is 27.1 Å². The predicted octanol–water partition coefficient (Wildman–Crippen LogP) is 0.644. The zero-order valence-electron chi connectivity index (χ0n) is 21.4. The second kappa shape index (κ2) is 10.0. The van der Waals surface area contributed by atoms with E-state index in [-0.39, 0.29) is 56.6 Å². The molecule has 41 heavy (non-hydrogen) atoms. The highest BCUT2D eigenvalue weighted by molar-refractivity contribution is 7.47. The molecule has 0 aromatic carbocycles. The number of aromatic nitrogens is 8. The molecule has 0 amide bonds. The van der Waals surface area contributed by atoms with E-state index in [1.54, 1.807) is 10.9 Å². The van der Waals surface area contributed by atoms with E-state index in [2.05, 4.69) is 29.9 Å². The van der Waals surface area contributed by atoms with Gasteiger partial charge in [0.25, 0.3) is 5.56 Å². The van der Waals surface area contributed by atoms with Crippen LogP contribution in [0.15, 0.2) is 23.8 Å². The molecule has 6 N–H and O–H groups in total. The van der Waals surface area contributed by atoms with Gasteiger partial charge in [-0.1, -0.05) is 6.92 Å². The van der Waals surface area contributed by atoms with Crippen LogP contribution in [0.25, 0.3) is 22.3 Å². The lowest BCUT2D eigenvalue weighted by Crippen LogP contribution is -2.27. The summed E-state index contributed by atoms with van der Waals surface area (Å²) in [7, 11) is -4.60. The summed E-state index contributed by atoms with van der Waals surface area (Å²) < 4.78 is 45.9. The first-order valence-electron chi connectivity index (χ1n) is 12.7. The number of phosphoric ester groups is 1. The van der Waals surface area contributed by atoms with Crippen molar-refractivity contribution in [2.75, 3.05) is 24.2 Å². The van der Waals surface area contributed by atoms with Crippen molar-refractivity contribution in [3.63, 3.8) is 0 Å². The molecule has 2 bridgehead atoms. The Labute approximate surface area is 232 Å². The van der Waals surface area contributed by atoms with Gasteiger partial charge in [-0.25, -0.2) is 24.5 Å². The second-order valence-corrected chi connectivity index (χ2v) is 12.4. The maximum Gasteiger partial charge on any atom is 0.472 e. The van der Waals surface area contributed by atoms with Gasteiger partial charge in [0.1, 0.15) is 24.2 Å². The van der Waals surface area contributed by atoms with Gasteiger partial charge in [0.15, 0.2) is 35.1 Å². The van der Waals surface area contributed by atoms with Crippen LogP contribution in [-0.2, 0) is 27.6 Å². The van der Waals surface area contributed by atoms with Crippen LogP contribution < -0.4 is 17.0 Å². The van der Waals surface area contributed by atoms with Gasteiger partial charge in [0.2, 0.25) is 5.95 Å². The molecule has 3 unspecified atom stereocenters. The Kier molecular flexibility index (Phi) is 6.55. The quantitative estimate of drug-likeness (QED) is 0.228. The minimum Gasteiger partial charge on any atom is -0.382 e. The van der Waals surface area contributed by atoms with Crippen molar-refractivity contribution < 1.29 is 32.5 Å². The van der Waals surface area contributed by atoms with Crippen molar-refractivity contribution in [1.82, 2.24) is 39.0 Å². The molecule has 4 aromatic heterocycles. The summed E-state index contributed by atoms with van der Waals surface area (Å²) in [5.74, 6) is -0.0498. The van der Waals surface area contributed by atoms with E-state index in [1.165, 1.54) is 17.2 Å². The van der Waals surface area contributed by atoms with Crippen LogP contribution in [0.3, 0.4) is 0 Å². The molecule has 20 heteroatoms. The molecule has 218 valence electrons. The van der Waals surface area contributed by atoms with E-state index in [1.807, 2.05) is 6.92 Å². The Morgan fingerprint density at radius 3 is 2.68 bits per heavy atom. The summed E-state index contributed by atoms with van der Waals surface area (Å²) in [5, 5.41) is 0. The Morgan fingerprint density at radius 2 is 1.85 bits per heavy atom. The summed E-state index contributed by atoms with van der Waals surface area (Å²) in [6, 6.07) is 0. The van der Waals surface area contributed by atoms with Crippen molar-refractivity contribution in [2.24, 2.45) is 11.8 Å². The van der Waals surface area contributed by atoms with Crippen LogP contribution in [0.5, 0.6) is 0 Å². The number of H-pyrrole nitrogens is 1. The summed E-state index contributed by atoms with van der Waals surface area (Å²) in [5.41, 5.74) is 12.3. The van der Waals surface area contributed by atoms with Crippen molar-refractivity contribution >= 4 is 50.7 Å². The molecule has 0 spiro atoms. The number of anilines is 2. The molecular formula is C21H26N10O8P2. The first-order chi connectivity index (χ1) is 19.7. The van der Waals surface area contributed by atoms with Gasteiger partial charge < -0.3 is 30.4 Å². The zero-order chi connectivity index (χ0) is 28.5. The molecule has 7 rings (SSSR count). The zero-order valence-corrected chi connectivity index (χ0v) is 23.3. The second-order valence-electron chi connectivity index (χ2n) is 10.0. The first kappa shape index (κ1) is 26.8. The highest BCUT2D eigenvalue weighted by Gasteiger charge is 2.47. The van der Waals surface area contributed by atoms with Crippen LogP contribution in [-0.4, -0.2) is 75.2 Å². The summed E-state index contributed by atoms with van der Waals surface area (Å²) in [4.78, 5) is 46.2. The van der Waals surface area contributed by atoms with Gasteiger partial charge in [-0.15, -0.1) is 0 Å². The number of nitrogens with zero attached hydrogens (tertiary/aromatic N) is 7. The number of aromatic amines is 1. The number of nitrogens with one attached hydrogen (secondary N) is 1. The highest BCUT2D eigenvalue weighted by atomic mass is 31.2. The SMILES string of the molecule is C[C@@H]1[C@@H]2CPOC3C[C@@H](OP(=O)(O)OC[C@H]2O[C@H]1n1cnc2c(N)ncnc21)[C@H](n1cnc2c(=O)[nH]c(N)nc21)O3. The smallest absolute Gasteiger partial charge is 0.382 e. The predicted molar refractivity (Wildman–Crippen MR) is 142 cm³/mol. The molecule has 0 aliphatic carbocycles. The number of rotatable bonds is 2. The third-order valence-electron chi connectivity index (χ3n) is 7.54. The van der Waals surface area contributed by atoms with E-state index in [0.29, 0.717) is 17.3 Å². The number of imidazole rings is 2. The largest absolute Gasteiger partial charge is 0.472 e. The molecule has 9 atom stereocenters. The lowest BCUT2D eigenvalue weighted by molar-refractivity contribution is -0.101. The molecule has 7 heterocycles. The van der Waals surface area contributed by atoms with Crippen molar-refractivity contribution in [1.29, 1.82) is 0 Å². The standard InChI is InChI=1S/C21H26N10O8P2/c1-8-9-4-40-38-12-2-10(20(37-12)31-7-27-14-17(31)28-21(23)29-18(14)32)39-41(33,34)35-3-11(9)36-19(8)30-6-26-13-15(22)24-5-25-16(13)30/h5-12,19-20,40H,2-4H2,1H3,(H,33,34)(H2,22,24,25)(H3,23,28,29,32)/t8-,9+,10-,11-,12?,19-,20-/m1/s1. The monoisotopic (exact) mass is 608 g/mol. The third-order valence-corrected chi connectivity index (χ3v) is 9.62. The number of hydrogen-bond acceptors (Lipinski definition) is 14. The maximum absolute atomic E-state index is 13.1. The van der Waals surface area contributed by atoms with Crippen LogP contribution >= 0.6 is 16.6 Å². The Morgan fingerprint density at radius 1 is 1.07 bits per heavy atom. The fourth-order valence-electron chi connectivity index (χ4n) is 5.57. The molecule has 0 radical (unpaired) electrons. The Hall–Kier alpha value is -3.08. The molecule has 0 saturated carbocycles. The van der Waals surface area contributed by atoms with Gasteiger partial charge >= 0.3 is 7.82 Å². The number of phosphoric acid groups is 1. The van der Waals surface area contributed by atoms with E-state index in [4.69, 9.17) is 34.5 Å². The van der Waals surface area contributed by atoms with E-state index in [0.717, 1.165) is 0 Å². The minimum atomic E-state index is -4.61. The average Bonchev–Trinajstić information content (AvgIpc) is 3.68. The molecule has 3 aliphatic heterocycles. The fourth-order valence-corrected chi connectivity index (χ4v) is 7.76. The molecule has 18 nitrogen and oxygen atoms in total. The Bertz CT molecular complexity index is 1730. The van der Waals surface area contributed by atoms with Gasteiger partial charge in [0.05, 0.1) is 25.4 Å². The van der Waals surface area contributed by atoms with Crippen molar-refractivity contribution in [2.45, 2.75) is 44.3 Å². The van der Waals surface area contributed by atoms with E-state index < -0.39 is 44.3 Å². The van der Waals surface area contributed by atoms with Crippen LogP contribution in [0.4, 0.5) is 11.8 Å². The van der Waals surface area contributed by atoms with E-state index in [9.17, 15) is 14.3 Å². The number of nitrogens with two attached hydrogens (primary N) is 2. The summed E-state index contributed by atoms with van der Waals surface area (Å²) in [6.45, 7) is 1.80. The van der Waals surface area contributed by atoms with E-state index >= 15 is 0 Å². The molecule has 3 fully saturated rings. The highest BCUT2D eigenvalue weighted by Crippen LogP contribution is 2.52. The van der Waals surface area contributed by atoms with Crippen molar-refractivity contribution in [3.05, 3.63) is 29.3 Å². The third kappa shape index (κ3) is 4.70. The molecular weight excluding hydrogens is 582 g/mol. The lowest BCUT2D eigenvalue weighted by Gasteiger charge is -2.24. The minimum absolute atomic E-state index is 0.00897. The van der Waals surface area contributed by atoms with Crippen LogP contribution in [0.2, 0.25) is 0 Å². The van der Waals surface area contributed by atoms with Gasteiger partial charge in [-0.3, -0.25) is 28.0 Å². The van der Waals surface area contributed by atoms with Crippen molar-refractivity contribution in [3.8, 4) is 0 Å². The molecule has 4 aromatic rings.